The summed E-state index contributed by atoms with van der Waals surface area (Å²) >= 11 is 0. The van der Waals surface area contributed by atoms with Gasteiger partial charge in [-0.3, -0.25) is 0 Å². The maximum atomic E-state index is 12.7. The van der Waals surface area contributed by atoms with Crippen LogP contribution in [0.15, 0.2) is 104 Å². The molecule has 27 heavy (non-hydrogen) atoms. The van der Waals surface area contributed by atoms with Crippen molar-refractivity contribution in [3.8, 4) is 5.75 Å². The van der Waals surface area contributed by atoms with Crippen molar-refractivity contribution in [2.24, 2.45) is 0 Å². The third-order valence-corrected chi connectivity index (χ3v) is 4.32. The van der Waals surface area contributed by atoms with Gasteiger partial charge in [-0.1, -0.05) is 79.9 Å². The molecular weight excluding hydrogens is 336 g/mol. The molecule has 1 aliphatic heterocycles. The van der Waals surface area contributed by atoms with Crippen molar-refractivity contribution in [2.45, 2.75) is 18.6 Å². The number of para-hydroxylation sites is 1. The Morgan fingerprint density at radius 2 is 1.78 bits per heavy atom. The van der Waals surface area contributed by atoms with E-state index in [1.807, 2.05) is 54.6 Å². The number of carbonyl (C=O) groups excluding carboxylic acids is 1. The molecule has 0 aliphatic carbocycles. The SMILES string of the molecule is C=C/C=C\C(=C/C=C)C(=O)O[C@@H]1Cc2ccccc2O[C@@H]1c1ccccc1. The molecule has 3 heteroatoms. The molecule has 0 amide bonds. The lowest BCUT2D eigenvalue weighted by Gasteiger charge is -2.33. The zero-order valence-corrected chi connectivity index (χ0v) is 15.1. The highest BCUT2D eigenvalue weighted by atomic mass is 16.6. The largest absolute Gasteiger partial charge is 0.482 e. The molecule has 2 aromatic carbocycles. The Morgan fingerprint density at radius 3 is 2.52 bits per heavy atom. The first-order valence-corrected chi connectivity index (χ1v) is 8.85. The summed E-state index contributed by atoms with van der Waals surface area (Å²) in [5.41, 5.74) is 2.41. The van der Waals surface area contributed by atoms with E-state index in [2.05, 4.69) is 13.2 Å². The molecule has 0 spiro atoms. The molecule has 0 fully saturated rings. The van der Waals surface area contributed by atoms with Crippen molar-refractivity contribution < 1.29 is 14.3 Å². The minimum atomic E-state index is -0.430. The van der Waals surface area contributed by atoms with E-state index in [4.69, 9.17) is 9.47 Å². The normalized spacial score (nSPS) is 19.0. The summed E-state index contributed by atoms with van der Waals surface area (Å²) < 4.78 is 12.1. The number of benzene rings is 2. The smallest absolute Gasteiger partial charge is 0.338 e. The third-order valence-electron chi connectivity index (χ3n) is 4.32. The van der Waals surface area contributed by atoms with E-state index in [0.29, 0.717) is 12.0 Å². The molecule has 0 bridgehead atoms. The number of esters is 1. The quantitative estimate of drug-likeness (QED) is 0.408. The van der Waals surface area contributed by atoms with Crippen LogP contribution in [-0.4, -0.2) is 12.1 Å². The van der Waals surface area contributed by atoms with Crippen LogP contribution in [-0.2, 0) is 16.0 Å². The standard InChI is InChI=1S/C24H22O3/c1-3-5-12-19(11-4-2)24(25)27-22-17-20-15-9-10-16-21(20)26-23(22)18-13-7-6-8-14-18/h3-16,22-23H,1-2,17H2/b12-5-,19-11+/t22-,23-/m1/s1. The topological polar surface area (TPSA) is 35.5 Å². The highest BCUT2D eigenvalue weighted by Crippen LogP contribution is 2.36. The van der Waals surface area contributed by atoms with E-state index in [1.165, 1.54) is 0 Å². The van der Waals surface area contributed by atoms with Gasteiger partial charge in [-0.2, -0.15) is 0 Å². The Labute approximate surface area is 159 Å². The van der Waals surface area contributed by atoms with Crippen molar-refractivity contribution >= 4 is 5.97 Å². The zero-order valence-electron chi connectivity index (χ0n) is 15.1. The van der Waals surface area contributed by atoms with E-state index in [0.717, 1.165) is 16.9 Å². The molecule has 3 nitrogen and oxygen atoms in total. The number of allylic oxidation sites excluding steroid dienone is 4. The van der Waals surface area contributed by atoms with E-state index >= 15 is 0 Å². The van der Waals surface area contributed by atoms with Gasteiger partial charge in [0.1, 0.15) is 11.9 Å². The number of ether oxygens (including phenoxy) is 2. The Morgan fingerprint density at radius 1 is 1.04 bits per heavy atom. The molecule has 0 saturated carbocycles. The summed E-state index contributed by atoms with van der Waals surface area (Å²) in [7, 11) is 0. The van der Waals surface area contributed by atoms with Gasteiger partial charge in [-0.15, -0.1) is 0 Å². The predicted molar refractivity (Wildman–Crippen MR) is 107 cm³/mol. The Balaban J connectivity index is 1.89. The lowest BCUT2D eigenvalue weighted by atomic mass is 9.94. The van der Waals surface area contributed by atoms with Crippen molar-refractivity contribution in [2.75, 3.05) is 0 Å². The second-order valence-corrected chi connectivity index (χ2v) is 6.16. The second-order valence-electron chi connectivity index (χ2n) is 6.16. The fourth-order valence-electron chi connectivity index (χ4n) is 3.05. The summed E-state index contributed by atoms with van der Waals surface area (Å²) in [6.07, 6.45) is 7.94. The van der Waals surface area contributed by atoms with E-state index in [9.17, 15) is 4.79 Å². The van der Waals surface area contributed by atoms with Crippen molar-refractivity contribution in [3.05, 3.63) is 115 Å². The van der Waals surface area contributed by atoms with Gasteiger partial charge in [-0.05, 0) is 29.3 Å². The minimum Gasteiger partial charge on any atom is -0.482 e. The van der Waals surface area contributed by atoms with Crippen molar-refractivity contribution in [1.82, 2.24) is 0 Å². The Bertz CT molecular complexity index is 878. The van der Waals surface area contributed by atoms with Crippen LogP contribution in [0.25, 0.3) is 0 Å². The maximum absolute atomic E-state index is 12.7. The van der Waals surface area contributed by atoms with Gasteiger partial charge in [0.15, 0.2) is 6.10 Å². The highest BCUT2D eigenvalue weighted by Gasteiger charge is 2.34. The predicted octanol–water partition coefficient (Wildman–Crippen LogP) is 5.13. The van der Waals surface area contributed by atoms with Gasteiger partial charge in [0.2, 0.25) is 0 Å². The van der Waals surface area contributed by atoms with Gasteiger partial charge in [-0.25, -0.2) is 4.79 Å². The molecule has 0 radical (unpaired) electrons. The first-order chi connectivity index (χ1) is 13.2. The van der Waals surface area contributed by atoms with Crippen LogP contribution in [0.5, 0.6) is 5.75 Å². The summed E-state index contributed by atoms with van der Waals surface area (Å²) in [4.78, 5) is 12.7. The first-order valence-electron chi connectivity index (χ1n) is 8.85. The zero-order chi connectivity index (χ0) is 19.1. The summed E-state index contributed by atoms with van der Waals surface area (Å²) in [5, 5.41) is 0. The molecule has 136 valence electrons. The average molecular weight is 358 g/mol. The number of carbonyl (C=O) groups is 1. The summed E-state index contributed by atoms with van der Waals surface area (Å²) in [6, 6.07) is 17.7. The molecule has 0 saturated heterocycles. The monoisotopic (exact) mass is 358 g/mol. The molecule has 1 heterocycles. The fourth-order valence-corrected chi connectivity index (χ4v) is 3.05. The number of rotatable bonds is 6. The fraction of sp³-hybridized carbons (Fsp3) is 0.125. The summed E-state index contributed by atoms with van der Waals surface area (Å²) in [6.45, 7) is 7.29. The van der Waals surface area contributed by atoms with Crippen LogP contribution >= 0.6 is 0 Å². The Kier molecular flexibility index (Phi) is 6.06. The van der Waals surface area contributed by atoms with Crippen molar-refractivity contribution in [1.29, 1.82) is 0 Å². The molecule has 3 rings (SSSR count). The maximum Gasteiger partial charge on any atom is 0.338 e. The second kappa shape index (κ2) is 8.86. The van der Waals surface area contributed by atoms with Crippen LogP contribution in [0.2, 0.25) is 0 Å². The lowest BCUT2D eigenvalue weighted by Crippen LogP contribution is -2.35. The van der Waals surface area contributed by atoms with Gasteiger partial charge in [0.25, 0.3) is 0 Å². The van der Waals surface area contributed by atoms with Crippen LogP contribution in [0, 0.1) is 0 Å². The molecule has 2 aromatic rings. The van der Waals surface area contributed by atoms with Gasteiger partial charge < -0.3 is 9.47 Å². The Hall–Kier alpha value is -3.33. The van der Waals surface area contributed by atoms with Crippen LogP contribution in [0.4, 0.5) is 0 Å². The molecule has 0 N–H and O–H groups in total. The van der Waals surface area contributed by atoms with E-state index < -0.39 is 12.1 Å². The third kappa shape index (κ3) is 4.45. The lowest BCUT2D eigenvalue weighted by molar-refractivity contribution is -0.150. The highest BCUT2D eigenvalue weighted by molar-refractivity contribution is 5.92. The van der Waals surface area contributed by atoms with Crippen molar-refractivity contribution in [3.63, 3.8) is 0 Å². The molecule has 0 unspecified atom stereocenters. The molecule has 1 aliphatic rings. The van der Waals surface area contributed by atoms with Gasteiger partial charge in [0, 0.05) is 6.42 Å². The minimum absolute atomic E-state index is 0.363. The molecule has 2 atom stereocenters. The van der Waals surface area contributed by atoms with Gasteiger partial charge >= 0.3 is 5.97 Å². The van der Waals surface area contributed by atoms with Gasteiger partial charge in [0.05, 0.1) is 5.57 Å². The van der Waals surface area contributed by atoms with Crippen LogP contribution < -0.4 is 4.74 Å². The molecular formula is C24H22O3. The number of hydrogen-bond acceptors (Lipinski definition) is 3. The van der Waals surface area contributed by atoms with E-state index in [1.54, 1.807) is 30.4 Å². The van der Waals surface area contributed by atoms with Crippen LogP contribution in [0.1, 0.15) is 17.2 Å². The number of hydrogen-bond donors (Lipinski definition) is 0. The van der Waals surface area contributed by atoms with Crippen LogP contribution in [0.3, 0.4) is 0 Å². The summed E-state index contributed by atoms with van der Waals surface area (Å²) in [5.74, 6) is 0.411. The first kappa shape index (κ1) is 18.5. The average Bonchev–Trinajstić information content (AvgIpc) is 2.71. The molecule has 0 aromatic heterocycles. The number of fused-ring (bicyclic) bond motifs is 1. The van der Waals surface area contributed by atoms with E-state index in [-0.39, 0.29) is 6.10 Å².